The van der Waals surface area contributed by atoms with Crippen molar-refractivity contribution in [3.63, 3.8) is 0 Å². The Morgan fingerprint density at radius 2 is 2.10 bits per heavy atom. The molecule has 21 heavy (non-hydrogen) atoms. The molecule has 0 aliphatic carbocycles. The number of amides is 2. The lowest BCUT2D eigenvalue weighted by molar-refractivity contribution is -0.131. The Kier molecular flexibility index (Phi) is 5.20. The van der Waals surface area contributed by atoms with Gasteiger partial charge in [0.1, 0.15) is 6.54 Å². The van der Waals surface area contributed by atoms with E-state index >= 15 is 0 Å². The molecule has 1 aromatic carbocycles. The van der Waals surface area contributed by atoms with Crippen molar-refractivity contribution >= 4 is 12.0 Å². The Morgan fingerprint density at radius 1 is 1.38 bits per heavy atom. The number of rotatable bonds is 5. The van der Waals surface area contributed by atoms with Crippen LogP contribution in [0, 0.1) is 0 Å². The van der Waals surface area contributed by atoms with E-state index in [1.165, 1.54) is 10.5 Å². The molecule has 1 atom stereocenters. The molecule has 1 aromatic rings. The summed E-state index contributed by atoms with van der Waals surface area (Å²) < 4.78 is 4.94. The van der Waals surface area contributed by atoms with Crippen LogP contribution in [0.15, 0.2) is 30.3 Å². The van der Waals surface area contributed by atoms with Gasteiger partial charge in [0.2, 0.25) is 5.91 Å². The minimum Gasteiger partial charge on any atom is -0.449 e. The summed E-state index contributed by atoms with van der Waals surface area (Å²) in [4.78, 5) is 26.9. The van der Waals surface area contributed by atoms with E-state index in [2.05, 4.69) is 19.1 Å². The van der Waals surface area contributed by atoms with E-state index in [4.69, 9.17) is 4.74 Å². The second-order valence-corrected chi connectivity index (χ2v) is 5.48. The number of carbonyl (C=O) groups is 2. The van der Waals surface area contributed by atoms with Crippen LogP contribution in [0.25, 0.3) is 0 Å². The molecule has 1 saturated heterocycles. The Hall–Kier alpha value is -2.04. The maximum Gasteiger partial charge on any atom is 0.410 e. The molecule has 1 fully saturated rings. The Morgan fingerprint density at radius 3 is 2.76 bits per heavy atom. The highest BCUT2D eigenvalue weighted by Gasteiger charge is 2.24. The fourth-order valence-corrected chi connectivity index (χ4v) is 2.42. The third kappa shape index (κ3) is 4.21. The summed E-state index contributed by atoms with van der Waals surface area (Å²) in [5, 5.41) is 0. The van der Waals surface area contributed by atoms with Crippen LogP contribution in [0.5, 0.6) is 0 Å². The summed E-state index contributed by atoms with van der Waals surface area (Å²) in [5.41, 5.74) is 1.20. The molecule has 2 rings (SSSR count). The lowest BCUT2D eigenvalue weighted by Gasteiger charge is -2.28. The number of ether oxygens (including phenoxy) is 1. The first-order valence-corrected chi connectivity index (χ1v) is 7.28. The van der Waals surface area contributed by atoms with Crippen LogP contribution in [0.2, 0.25) is 0 Å². The molecule has 0 bridgehead atoms. The van der Waals surface area contributed by atoms with E-state index < -0.39 is 0 Å². The molecule has 0 aromatic heterocycles. The van der Waals surface area contributed by atoms with Crippen molar-refractivity contribution in [1.29, 1.82) is 0 Å². The van der Waals surface area contributed by atoms with E-state index in [0.29, 0.717) is 19.7 Å². The Bertz CT molecular complexity index is 490. The van der Waals surface area contributed by atoms with E-state index in [-0.39, 0.29) is 24.5 Å². The molecule has 0 radical (unpaired) electrons. The lowest BCUT2D eigenvalue weighted by atomic mass is 10.0. The van der Waals surface area contributed by atoms with Gasteiger partial charge in [-0.3, -0.25) is 9.69 Å². The molecule has 0 unspecified atom stereocenters. The Balaban J connectivity index is 1.86. The molecule has 0 spiro atoms. The zero-order valence-corrected chi connectivity index (χ0v) is 12.6. The SMILES string of the molecule is C[C@H](CN(C)C(=O)CN1CCCOC1=O)c1ccccc1. The first-order chi connectivity index (χ1) is 10.1. The summed E-state index contributed by atoms with van der Waals surface area (Å²) in [6, 6.07) is 10.1. The van der Waals surface area contributed by atoms with Gasteiger partial charge in [-0.05, 0) is 17.9 Å². The highest BCUT2D eigenvalue weighted by Crippen LogP contribution is 2.15. The van der Waals surface area contributed by atoms with Crippen molar-refractivity contribution in [2.24, 2.45) is 0 Å². The fraction of sp³-hybridized carbons (Fsp3) is 0.500. The van der Waals surface area contributed by atoms with Gasteiger partial charge in [0.25, 0.3) is 0 Å². The topological polar surface area (TPSA) is 49.9 Å². The van der Waals surface area contributed by atoms with E-state index in [1.807, 2.05) is 18.2 Å². The van der Waals surface area contributed by atoms with Crippen molar-refractivity contribution in [3.05, 3.63) is 35.9 Å². The number of cyclic esters (lactones) is 1. The predicted molar refractivity (Wildman–Crippen MR) is 80.0 cm³/mol. The van der Waals surface area contributed by atoms with Crippen molar-refractivity contribution < 1.29 is 14.3 Å². The van der Waals surface area contributed by atoms with Crippen molar-refractivity contribution in [2.75, 3.05) is 33.3 Å². The van der Waals surface area contributed by atoms with Crippen molar-refractivity contribution in [3.8, 4) is 0 Å². The zero-order chi connectivity index (χ0) is 15.2. The minimum atomic E-state index is -0.390. The van der Waals surface area contributed by atoms with Gasteiger partial charge >= 0.3 is 6.09 Å². The van der Waals surface area contributed by atoms with Gasteiger partial charge in [0.15, 0.2) is 0 Å². The summed E-state index contributed by atoms with van der Waals surface area (Å²) in [6.07, 6.45) is 0.391. The monoisotopic (exact) mass is 290 g/mol. The first kappa shape index (κ1) is 15.4. The smallest absolute Gasteiger partial charge is 0.410 e. The summed E-state index contributed by atoms with van der Waals surface area (Å²) in [5.74, 6) is 0.199. The maximum atomic E-state index is 12.2. The lowest BCUT2D eigenvalue weighted by Crippen LogP contribution is -2.45. The second-order valence-electron chi connectivity index (χ2n) is 5.48. The Labute approximate surface area is 125 Å². The standard InChI is InChI=1S/C16H22N2O3/c1-13(14-7-4-3-5-8-14)11-17(2)15(19)12-18-9-6-10-21-16(18)20/h3-5,7-8,13H,6,9-12H2,1-2H3/t13-/m1/s1. The van der Waals surface area contributed by atoms with Crippen LogP contribution in [0.1, 0.15) is 24.8 Å². The quantitative estimate of drug-likeness (QED) is 0.834. The molecule has 0 saturated carbocycles. The molecular weight excluding hydrogens is 268 g/mol. The van der Waals surface area contributed by atoms with Crippen LogP contribution < -0.4 is 0 Å². The molecule has 1 heterocycles. The third-order valence-electron chi connectivity index (χ3n) is 3.72. The van der Waals surface area contributed by atoms with Crippen LogP contribution in [-0.4, -0.2) is 55.1 Å². The van der Waals surface area contributed by atoms with Crippen LogP contribution >= 0.6 is 0 Å². The van der Waals surface area contributed by atoms with Gasteiger partial charge in [0.05, 0.1) is 6.61 Å². The molecule has 0 N–H and O–H groups in total. The van der Waals surface area contributed by atoms with Gasteiger partial charge in [-0.15, -0.1) is 0 Å². The van der Waals surface area contributed by atoms with Crippen molar-refractivity contribution in [1.82, 2.24) is 9.80 Å². The average molecular weight is 290 g/mol. The summed E-state index contributed by atoms with van der Waals surface area (Å²) in [7, 11) is 1.77. The van der Waals surface area contributed by atoms with E-state index in [1.54, 1.807) is 11.9 Å². The number of carbonyl (C=O) groups excluding carboxylic acids is 2. The molecule has 114 valence electrons. The fourth-order valence-electron chi connectivity index (χ4n) is 2.42. The third-order valence-corrected chi connectivity index (χ3v) is 3.72. The molecular formula is C16H22N2O3. The molecule has 1 aliphatic rings. The largest absolute Gasteiger partial charge is 0.449 e. The van der Waals surface area contributed by atoms with Gasteiger partial charge in [-0.1, -0.05) is 37.3 Å². The molecule has 2 amide bonds. The van der Waals surface area contributed by atoms with Crippen LogP contribution in [-0.2, 0) is 9.53 Å². The maximum absolute atomic E-state index is 12.2. The van der Waals surface area contributed by atoms with Gasteiger partial charge in [0, 0.05) is 20.1 Å². The number of likely N-dealkylation sites (N-methyl/N-ethyl adjacent to an activating group) is 1. The minimum absolute atomic E-state index is 0.0587. The first-order valence-electron chi connectivity index (χ1n) is 7.28. The summed E-state index contributed by atoms with van der Waals surface area (Å²) in [6.45, 7) is 3.86. The van der Waals surface area contributed by atoms with Crippen LogP contribution in [0.4, 0.5) is 4.79 Å². The molecule has 5 heteroatoms. The number of benzene rings is 1. The number of hydrogen-bond acceptors (Lipinski definition) is 3. The molecule has 5 nitrogen and oxygen atoms in total. The van der Waals surface area contributed by atoms with Crippen molar-refractivity contribution in [2.45, 2.75) is 19.3 Å². The van der Waals surface area contributed by atoms with Gasteiger partial charge in [-0.2, -0.15) is 0 Å². The highest BCUT2D eigenvalue weighted by molar-refractivity contribution is 5.82. The number of nitrogens with zero attached hydrogens (tertiary/aromatic N) is 2. The molecule has 1 aliphatic heterocycles. The number of hydrogen-bond donors (Lipinski definition) is 0. The average Bonchev–Trinajstić information content (AvgIpc) is 2.50. The second kappa shape index (κ2) is 7.11. The zero-order valence-electron chi connectivity index (χ0n) is 12.6. The predicted octanol–water partition coefficient (Wildman–Crippen LogP) is 2.09. The highest BCUT2D eigenvalue weighted by atomic mass is 16.6. The van der Waals surface area contributed by atoms with Gasteiger partial charge in [-0.25, -0.2) is 4.79 Å². The van der Waals surface area contributed by atoms with Crippen LogP contribution in [0.3, 0.4) is 0 Å². The van der Waals surface area contributed by atoms with E-state index in [0.717, 1.165) is 6.42 Å². The summed E-state index contributed by atoms with van der Waals surface area (Å²) >= 11 is 0. The normalized spacial score (nSPS) is 16.3. The van der Waals surface area contributed by atoms with E-state index in [9.17, 15) is 9.59 Å². The van der Waals surface area contributed by atoms with Gasteiger partial charge < -0.3 is 9.64 Å².